The van der Waals surface area contributed by atoms with E-state index in [0.29, 0.717) is 70.8 Å². The van der Waals surface area contributed by atoms with E-state index in [1.165, 1.54) is 7.11 Å². The lowest BCUT2D eigenvalue weighted by Gasteiger charge is -2.31. The van der Waals surface area contributed by atoms with Crippen molar-refractivity contribution in [1.82, 2.24) is 4.90 Å². The van der Waals surface area contributed by atoms with E-state index in [1.807, 2.05) is 84.0 Å². The number of amides is 2. The monoisotopic (exact) mass is 784 g/mol. The van der Waals surface area contributed by atoms with Crippen LogP contribution in [0.15, 0.2) is 60.7 Å². The van der Waals surface area contributed by atoms with Crippen molar-refractivity contribution in [3.8, 4) is 11.5 Å². The van der Waals surface area contributed by atoms with Crippen molar-refractivity contribution < 1.29 is 38.1 Å². The molecule has 12 heteroatoms. The first-order valence-corrected chi connectivity index (χ1v) is 19.2. The van der Waals surface area contributed by atoms with Gasteiger partial charge in [0.25, 0.3) is 5.91 Å². The van der Waals surface area contributed by atoms with Crippen LogP contribution < -0.4 is 14.4 Å². The summed E-state index contributed by atoms with van der Waals surface area (Å²) in [6.07, 6.45) is -0.723. The quantitative estimate of drug-likeness (QED) is 0.111. The number of halogens is 2. The third kappa shape index (κ3) is 12.0. The van der Waals surface area contributed by atoms with Gasteiger partial charge in [-0.2, -0.15) is 0 Å². The molecular weight excluding hydrogens is 731 g/mol. The number of carbonyl (C=O) groups is 3. The number of hydrogen-bond acceptors (Lipinski definition) is 8. The fourth-order valence-electron chi connectivity index (χ4n) is 6.25. The number of esters is 1. The molecule has 0 bridgehead atoms. The van der Waals surface area contributed by atoms with Crippen molar-refractivity contribution in [3.05, 3.63) is 87.4 Å². The number of anilines is 1. The lowest BCUT2D eigenvalue weighted by molar-refractivity contribution is -0.151. The summed E-state index contributed by atoms with van der Waals surface area (Å²) < 4.78 is 29.8. The number of fused-ring (bicyclic) bond motifs is 1. The normalized spacial score (nSPS) is 16.0. The van der Waals surface area contributed by atoms with Gasteiger partial charge in [0.05, 0.1) is 26.7 Å². The van der Waals surface area contributed by atoms with Gasteiger partial charge in [0, 0.05) is 46.5 Å². The van der Waals surface area contributed by atoms with Crippen LogP contribution in [0.4, 0.5) is 10.5 Å². The molecule has 0 aliphatic carbocycles. The van der Waals surface area contributed by atoms with Crippen LogP contribution in [0.5, 0.6) is 11.5 Å². The maximum absolute atomic E-state index is 14.2. The van der Waals surface area contributed by atoms with Gasteiger partial charge in [-0.1, -0.05) is 74.3 Å². The maximum Gasteiger partial charge on any atom is 0.410 e. The van der Waals surface area contributed by atoms with E-state index in [1.54, 1.807) is 34.9 Å². The van der Waals surface area contributed by atoms with Gasteiger partial charge in [-0.3, -0.25) is 9.59 Å². The highest BCUT2D eigenvalue weighted by Gasteiger charge is 2.40. The van der Waals surface area contributed by atoms with Crippen LogP contribution in [0.3, 0.4) is 0 Å². The van der Waals surface area contributed by atoms with Gasteiger partial charge < -0.3 is 33.5 Å². The molecule has 10 nitrogen and oxygen atoms in total. The molecule has 4 rings (SSSR count). The molecule has 0 aromatic heterocycles. The zero-order valence-electron chi connectivity index (χ0n) is 32.7. The summed E-state index contributed by atoms with van der Waals surface area (Å²) >= 11 is 12.9. The minimum Gasteiger partial charge on any atom is -0.492 e. The van der Waals surface area contributed by atoms with Gasteiger partial charge >= 0.3 is 12.1 Å². The second-order valence-electron chi connectivity index (χ2n) is 15.4. The Morgan fingerprint density at radius 1 is 0.926 bits per heavy atom. The van der Waals surface area contributed by atoms with Crippen molar-refractivity contribution in [1.29, 1.82) is 0 Å². The van der Waals surface area contributed by atoms with E-state index in [0.717, 1.165) is 12.0 Å². The van der Waals surface area contributed by atoms with Crippen molar-refractivity contribution in [3.63, 3.8) is 0 Å². The first kappa shape index (κ1) is 42.7. The lowest BCUT2D eigenvalue weighted by atomic mass is 9.94. The van der Waals surface area contributed by atoms with Crippen LogP contribution in [0.2, 0.25) is 10.0 Å². The molecule has 2 atom stereocenters. The lowest BCUT2D eigenvalue weighted by Crippen LogP contribution is -2.44. The average Bonchev–Trinajstić information content (AvgIpc) is 3.18. The molecule has 0 radical (unpaired) electrons. The van der Waals surface area contributed by atoms with E-state index < -0.39 is 29.9 Å². The van der Waals surface area contributed by atoms with Crippen LogP contribution in [0.1, 0.15) is 90.5 Å². The van der Waals surface area contributed by atoms with Crippen molar-refractivity contribution in [2.45, 2.75) is 92.0 Å². The number of aryl methyl sites for hydroxylation is 1. The summed E-state index contributed by atoms with van der Waals surface area (Å²) in [5.41, 5.74) is 1.97. The van der Waals surface area contributed by atoms with Gasteiger partial charge in [0.2, 0.25) is 0 Å². The molecule has 0 saturated heterocycles. The highest BCUT2D eigenvalue weighted by Crippen LogP contribution is 2.46. The number of hydrogen-bond donors (Lipinski definition) is 0. The Morgan fingerprint density at radius 2 is 1.65 bits per heavy atom. The van der Waals surface area contributed by atoms with Gasteiger partial charge in [-0.25, -0.2) is 4.79 Å². The highest BCUT2D eigenvalue weighted by molar-refractivity contribution is 6.31. The number of nitrogens with zero attached hydrogens (tertiary/aromatic N) is 2. The van der Waals surface area contributed by atoms with Crippen LogP contribution in [-0.4, -0.2) is 74.5 Å². The Balaban J connectivity index is 1.59. The smallest absolute Gasteiger partial charge is 0.410 e. The van der Waals surface area contributed by atoms with Crippen LogP contribution in [0, 0.1) is 5.41 Å². The summed E-state index contributed by atoms with van der Waals surface area (Å²) in [6, 6.07) is 18.5. The van der Waals surface area contributed by atoms with E-state index in [4.69, 9.17) is 46.9 Å². The molecule has 2 amide bonds. The zero-order valence-corrected chi connectivity index (χ0v) is 34.2. The van der Waals surface area contributed by atoms with Gasteiger partial charge in [0.15, 0.2) is 11.5 Å². The van der Waals surface area contributed by atoms with E-state index in [-0.39, 0.29) is 31.0 Å². The van der Waals surface area contributed by atoms with Crippen molar-refractivity contribution in [2.75, 3.05) is 44.9 Å². The maximum atomic E-state index is 14.2. The van der Waals surface area contributed by atoms with E-state index in [2.05, 4.69) is 0 Å². The number of rotatable bonds is 15. The third-order valence-electron chi connectivity index (χ3n) is 8.50. The Bertz CT molecular complexity index is 1750. The summed E-state index contributed by atoms with van der Waals surface area (Å²) in [5, 5.41) is 1.16. The number of para-hydroxylation sites is 1. The van der Waals surface area contributed by atoms with Crippen LogP contribution in [0.25, 0.3) is 0 Å². The molecule has 3 aromatic rings. The highest BCUT2D eigenvalue weighted by atomic mass is 35.5. The first-order chi connectivity index (χ1) is 25.5. The van der Waals surface area contributed by atoms with Crippen LogP contribution in [-0.2, 0) is 30.2 Å². The predicted molar refractivity (Wildman–Crippen MR) is 212 cm³/mol. The SMILES string of the molecule is CCOC(=O)C[C@H]1O[C@H](c2cccc(OCCCN(CCCc3ccccc3Cl)C(=O)OC(C)(C)C)c2OC)c2cc(Cl)ccc2N(CC(C)(C)C)C1=O. The molecule has 0 spiro atoms. The Hall–Kier alpha value is -3.99. The second-order valence-corrected chi connectivity index (χ2v) is 16.3. The van der Waals surface area contributed by atoms with Crippen molar-refractivity contribution >= 4 is 46.9 Å². The predicted octanol–water partition coefficient (Wildman–Crippen LogP) is 9.46. The van der Waals surface area contributed by atoms with Gasteiger partial charge in [-0.05, 0) is 88.3 Å². The summed E-state index contributed by atoms with van der Waals surface area (Å²) in [6.45, 7) is 15.1. The number of ether oxygens (including phenoxy) is 5. The number of carbonyl (C=O) groups excluding carboxylic acids is 3. The second kappa shape index (κ2) is 19.0. The standard InChI is InChI=1S/C42H54Cl2N2O8/c1-9-51-36(47)26-35-39(48)46(27-41(2,3)4)33-21-20-29(43)25-31(33)37(53-35)30-17-12-19-34(38(30)50-8)52-24-14-23-45(40(49)54-42(5,6)7)22-13-16-28-15-10-11-18-32(28)44/h10-12,15,17-21,25,35,37H,9,13-14,16,22-24,26-27H2,1-8H3/t35-,37-/m1/s1. The number of methoxy groups -OCH3 is 1. The summed E-state index contributed by atoms with van der Waals surface area (Å²) in [4.78, 5) is 43.5. The van der Waals surface area contributed by atoms with Crippen molar-refractivity contribution in [2.24, 2.45) is 5.41 Å². The van der Waals surface area contributed by atoms with E-state index >= 15 is 0 Å². The molecule has 1 heterocycles. The Labute approximate surface area is 329 Å². The summed E-state index contributed by atoms with van der Waals surface area (Å²) in [5.74, 6) is -0.0305. The molecule has 0 unspecified atom stereocenters. The minimum absolute atomic E-state index is 0.177. The molecule has 54 heavy (non-hydrogen) atoms. The molecule has 1 aliphatic rings. The fraction of sp³-hybridized carbons (Fsp3) is 0.500. The molecule has 294 valence electrons. The molecule has 0 fully saturated rings. The van der Waals surface area contributed by atoms with Crippen LogP contribution >= 0.6 is 23.2 Å². The Kier molecular flexibility index (Phi) is 15.1. The molecule has 1 aliphatic heterocycles. The number of benzene rings is 3. The molecule has 0 N–H and O–H groups in total. The molecular formula is C42H54Cl2N2O8. The van der Waals surface area contributed by atoms with Gasteiger partial charge in [0.1, 0.15) is 17.8 Å². The first-order valence-electron chi connectivity index (χ1n) is 18.4. The summed E-state index contributed by atoms with van der Waals surface area (Å²) in [7, 11) is 1.54. The largest absolute Gasteiger partial charge is 0.492 e. The zero-order chi connectivity index (χ0) is 39.6. The molecule has 3 aromatic carbocycles. The fourth-order valence-corrected chi connectivity index (χ4v) is 6.66. The average molecular weight is 786 g/mol. The third-order valence-corrected chi connectivity index (χ3v) is 9.11. The topological polar surface area (TPSA) is 104 Å². The van der Waals surface area contributed by atoms with Gasteiger partial charge in [-0.15, -0.1) is 0 Å². The van der Waals surface area contributed by atoms with E-state index in [9.17, 15) is 14.4 Å². The Morgan fingerprint density at radius 3 is 2.31 bits per heavy atom. The molecule has 0 saturated carbocycles. The minimum atomic E-state index is -1.14.